The second-order valence-electron chi connectivity index (χ2n) is 3.89. The Hall–Kier alpha value is -1.59. The van der Waals surface area contributed by atoms with E-state index in [1.54, 1.807) is 0 Å². The summed E-state index contributed by atoms with van der Waals surface area (Å²) in [6.07, 6.45) is -0.873. The van der Waals surface area contributed by atoms with E-state index in [0.717, 1.165) is 31.4 Å². The van der Waals surface area contributed by atoms with Crippen LogP contribution in [-0.2, 0) is 6.18 Å². The quantitative estimate of drug-likeness (QED) is 0.827. The fourth-order valence-corrected chi connectivity index (χ4v) is 1.36. The highest BCUT2D eigenvalue weighted by Gasteiger charge is 2.30. The molecule has 0 aliphatic heterocycles. The van der Waals surface area contributed by atoms with E-state index in [0.29, 0.717) is 12.7 Å². The smallest absolute Gasteiger partial charge is 0.351 e. The average molecular weight is 260 g/mol. The van der Waals surface area contributed by atoms with E-state index in [4.69, 9.17) is 0 Å². The molecule has 1 rings (SSSR count). The maximum atomic E-state index is 12.3. The van der Waals surface area contributed by atoms with Gasteiger partial charge in [-0.25, -0.2) is 0 Å². The molecule has 100 valence electrons. The molecular formula is C12H15F3N2O. The first-order valence-electron chi connectivity index (χ1n) is 5.76. The van der Waals surface area contributed by atoms with E-state index in [-0.39, 0.29) is 5.69 Å². The van der Waals surface area contributed by atoms with Gasteiger partial charge in [-0.3, -0.25) is 9.78 Å². The van der Waals surface area contributed by atoms with Crippen molar-refractivity contribution < 1.29 is 18.0 Å². The summed E-state index contributed by atoms with van der Waals surface area (Å²) in [6.45, 7) is 2.55. The number of aromatic nitrogens is 1. The van der Waals surface area contributed by atoms with Gasteiger partial charge < -0.3 is 5.32 Å². The van der Waals surface area contributed by atoms with Crippen molar-refractivity contribution in [2.45, 2.75) is 32.4 Å². The molecule has 6 heteroatoms. The minimum atomic E-state index is -4.43. The predicted molar refractivity (Wildman–Crippen MR) is 61.1 cm³/mol. The van der Waals surface area contributed by atoms with Crippen LogP contribution in [0.2, 0.25) is 0 Å². The first-order valence-corrected chi connectivity index (χ1v) is 5.76. The largest absolute Gasteiger partial charge is 0.417 e. The molecule has 0 spiro atoms. The lowest BCUT2D eigenvalue weighted by Gasteiger charge is -2.07. The van der Waals surface area contributed by atoms with E-state index in [1.165, 1.54) is 0 Å². The van der Waals surface area contributed by atoms with Crippen LogP contribution >= 0.6 is 0 Å². The van der Waals surface area contributed by atoms with Crippen LogP contribution in [0.1, 0.15) is 42.2 Å². The zero-order chi connectivity index (χ0) is 13.6. The molecule has 0 atom stereocenters. The van der Waals surface area contributed by atoms with Gasteiger partial charge in [0.25, 0.3) is 5.91 Å². The number of nitrogens with one attached hydrogen (secondary N) is 1. The van der Waals surface area contributed by atoms with Gasteiger partial charge in [0.15, 0.2) is 0 Å². The first-order chi connectivity index (χ1) is 8.45. The summed E-state index contributed by atoms with van der Waals surface area (Å²) < 4.78 is 36.8. The Balaban J connectivity index is 2.54. The minimum Gasteiger partial charge on any atom is -0.351 e. The number of alkyl halides is 3. The van der Waals surface area contributed by atoms with Gasteiger partial charge in [-0.1, -0.05) is 19.8 Å². The monoisotopic (exact) mass is 260 g/mol. The van der Waals surface area contributed by atoms with Crippen LogP contribution in [-0.4, -0.2) is 17.4 Å². The molecule has 1 aromatic rings. The summed E-state index contributed by atoms with van der Waals surface area (Å²) in [6, 6.07) is 1.94. The standard InChI is InChI=1S/C12H15F3N2O/c1-2-3-4-7-16-11(18)10-6-5-9(8-17-10)12(13,14)15/h5-6,8H,2-4,7H2,1H3,(H,16,18). The van der Waals surface area contributed by atoms with Gasteiger partial charge in [-0.2, -0.15) is 13.2 Å². The summed E-state index contributed by atoms with van der Waals surface area (Å²) in [5, 5.41) is 2.61. The fourth-order valence-electron chi connectivity index (χ4n) is 1.36. The molecule has 0 saturated carbocycles. The topological polar surface area (TPSA) is 42.0 Å². The van der Waals surface area contributed by atoms with Crippen molar-refractivity contribution in [2.75, 3.05) is 6.54 Å². The number of rotatable bonds is 5. The highest BCUT2D eigenvalue weighted by atomic mass is 19.4. The van der Waals surface area contributed by atoms with Crippen molar-refractivity contribution in [1.82, 2.24) is 10.3 Å². The van der Waals surface area contributed by atoms with Crippen LogP contribution in [0.25, 0.3) is 0 Å². The van der Waals surface area contributed by atoms with E-state index in [2.05, 4.69) is 10.3 Å². The van der Waals surface area contributed by atoms with Crippen molar-refractivity contribution in [1.29, 1.82) is 0 Å². The number of amides is 1. The Kier molecular flexibility index (Phi) is 5.12. The van der Waals surface area contributed by atoms with Crippen LogP contribution in [0.3, 0.4) is 0 Å². The summed E-state index contributed by atoms with van der Waals surface area (Å²) >= 11 is 0. The fraction of sp³-hybridized carbons (Fsp3) is 0.500. The molecule has 1 amide bonds. The summed E-state index contributed by atoms with van der Waals surface area (Å²) in [5.74, 6) is -0.445. The second kappa shape index (κ2) is 6.37. The molecule has 0 aliphatic rings. The summed E-state index contributed by atoms with van der Waals surface area (Å²) in [4.78, 5) is 15.0. The number of pyridine rings is 1. The predicted octanol–water partition coefficient (Wildman–Crippen LogP) is 3.02. The van der Waals surface area contributed by atoms with Crippen LogP contribution in [0.15, 0.2) is 18.3 Å². The molecule has 18 heavy (non-hydrogen) atoms. The van der Waals surface area contributed by atoms with Crippen LogP contribution < -0.4 is 5.32 Å². The van der Waals surface area contributed by atoms with Gasteiger partial charge in [-0.05, 0) is 18.6 Å². The van der Waals surface area contributed by atoms with Crippen LogP contribution in [0.5, 0.6) is 0 Å². The lowest BCUT2D eigenvalue weighted by atomic mass is 10.2. The van der Waals surface area contributed by atoms with Gasteiger partial charge in [0.2, 0.25) is 0 Å². The third-order valence-electron chi connectivity index (χ3n) is 2.39. The number of carbonyl (C=O) groups is 1. The van der Waals surface area contributed by atoms with E-state index < -0.39 is 17.6 Å². The van der Waals surface area contributed by atoms with Crippen molar-refractivity contribution in [2.24, 2.45) is 0 Å². The SMILES string of the molecule is CCCCCNC(=O)c1ccc(C(F)(F)F)cn1. The third-order valence-corrected chi connectivity index (χ3v) is 2.39. The molecule has 1 aromatic heterocycles. The number of hydrogen-bond donors (Lipinski definition) is 1. The first kappa shape index (κ1) is 14.5. The minimum absolute atomic E-state index is 0.000464. The van der Waals surface area contributed by atoms with E-state index in [1.807, 2.05) is 6.92 Å². The molecule has 0 unspecified atom stereocenters. The zero-order valence-electron chi connectivity index (χ0n) is 10.0. The molecule has 1 heterocycles. The lowest BCUT2D eigenvalue weighted by molar-refractivity contribution is -0.137. The average Bonchev–Trinajstić information content (AvgIpc) is 2.33. The van der Waals surface area contributed by atoms with Gasteiger partial charge in [0.1, 0.15) is 5.69 Å². The highest BCUT2D eigenvalue weighted by molar-refractivity contribution is 5.92. The number of nitrogens with zero attached hydrogens (tertiary/aromatic N) is 1. The summed E-state index contributed by atoms with van der Waals surface area (Å²) in [5.41, 5.74) is -0.857. The normalized spacial score (nSPS) is 11.3. The number of carbonyl (C=O) groups excluding carboxylic acids is 1. The van der Waals surface area contributed by atoms with E-state index in [9.17, 15) is 18.0 Å². The van der Waals surface area contributed by atoms with Crippen LogP contribution in [0, 0.1) is 0 Å². The summed E-state index contributed by atoms with van der Waals surface area (Å²) in [7, 11) is 0. The Morgan fingerprint density at radius 3 is 2.56 bits per heavy atom. The van der Waals surface area contributed by atoms with Crippen molar-refractivity contribution in [3.63, 3.8) is 0 Å². The number of hydrogen-bond acceptors (Lipinski definition) is 2. The molecule has 0 radical (unpaired) electrons. The molecule has 0 bridgehead atoms. The molecule has 0 fully saturated rings. The van der Waals surface area contributed by atoms with Crippen molar-refractivity contribution in [3.05, 3.63) is 29.6 Å². The van der Waals surface area contributed by atoms with Gasteiger partial charge in [0, 0.05) is 12.7 Å². The van der Waals surface area contributed by atoms with Crippen LogP contribution in [0.4, 0.5) is 13.2 Å². The maximum absolute atomic E-state index is 12.3. The van der Waals surface area contributed by atoms with Gasteiger partial charge >= 0.3 is 6.18 Å². The number of unbranched alkanes of at least 4 members (excludes halogenated alkanes) is 2. The molecule has 0 saturated heterocycles. The Morgan fingerprint density at radius 2 is 2.06 bits per heavy atom. The Morgan fingerprint density at radius 1 is 1.33 bits per heavy atom. The molecular weight excluding hydrogens is 245 g/mol. The third kappa shape index (κ3) is 4.35. The molecule has 0 aliphatic carbocycles. The second-order valence-corrected chi connectivity index (χ2v) is 3.89. The van der Waals surface area contributed by atoms with Gasteiger partial charge in [-0.15, -0.1) is 0 Å². The molecule has 0 aromatic carbocycles. The Bertz CT molecular complexity index is 387. The van der Waals surface area contributed by atoms with E-state index >= 15 is 0 Å². The molecule has 1 N–H and O–H groups in total. The lowest BCUT2D eigenvalue weighted by Crippen LogP contribution is -2.25. The zero-order valence-corrected chi connectivity index (χ0v) is 10.0. The molecule has 3 nitrogen and oxygen atoms in total. The highest BCUT2D eigenvalue weighted by Crippen LogP contribution is 2.28. The van der Waals surface area contributed by atoms with Gasteiger partial charge in [0.05, 0.1) is 5.56 Å². The maximum Gasteiger partial charge on any atom is 0.417 e. The number of halogens is 3. The van der Waals surface area contributed by atoms with Crippen molar-refractivity contribution in [3.8, 4) is 0 Å². The Labute approximate surface area is 103 Å². The van der Waals surface area contributed by atoms with Crippen molar-refractivity contribution >= 4 is 5.91 Å².